The highest BCUT2D eigenvalue weighted by atomic mass is 19.1. The Kier molecular flexibility index (Phi) is 1.70. The minimum absolute atomic E-state index is 0.138. The lowest BCUT2D eigenvalue weighted by Crippen LogP contribution is -1.97. The van der Waals surface area contributed by atoms with Crippen LogP contribution in [0.4, 0.5) is 4.39 Å². The van der Waals surface area contributed by atoms with Crippen LogP contribution in [0, 0.1) is 11.7 Å². The zero-order valence-electron chi connectivity index (χ0n) is 8.57. The molecule has 14 heavy (non-hydrogen) atoms. The number of benzene rings is 1. The van der Waals surface area contributed by atoms with Crippen LogP contribution >= 0.6 is 0 Å². The maximum Gasteiger partial charge on any atom is 0.130 e. The molecule has 1 heteroatoms. The van der Waals surface area contributed by atoms with Crippen LogP contribution in [0.2, 0.25) is 0 Å². The average molecular weight is 190 g/mol. The summed E-state index contributed by atoms with van der Waals surface area (Å²) in [6.45, 7) is 2.21. The normalized spacial score (nSPS) is 23.7. The van der Waals surface area contributed by atoms with Gasteiger partial charge in [-0.2, -0.15) is 0 Å². The van der Waals surface area contributed by atoms with Crippen LogP contribution < -0.4 is 0 Å². The summed E-state index contributed by atoms with van der Waals surface area (Å²) in [6.07, 6.45) is 5.23. The van der Waals surface area contributed by atoms with Crippen molar-refractivity contribution in [1.82, 2.24) is 0 Å². The van der Waals surface area contributed by atoms with Crippen molar-refractivity contribution in [2.75, 3.05) is 0 Å². The van der Waals surface area contributed by atoms with E-state index in [9.17, 15) is 4.39 Å². The predicted octanol–water partition coefficient (Wildman–Crippen LogP) is 3.05. The number of hydrogen-bond acceptors (Lipinski definition) is 0. The van der Waals surface area contributed by atoms with E-state index in [-0.39, 0.29) is 5.82 Å². The van der Waals surface area contributed by atoms with Crippen molar-refractivity contribution in [2.45, 2.75) is 39.0 Å². The molecule has 0 heterocycles. The zero-order valence-corrected chi connectivity index (χ0v) is 8.57. The minimum Gasteiger partial charge on any atom is -0.206 e. The third kappa shape index (κ3) is 1.05. The summed E-state index contributed by atoms with van der Waals surface area (Å²) >= 11 is 0. The second kappa shape index (κ2) is 2.82. The molecule has 0 bridgehead atoms. The van der Waals surface area contributed by atoms with E-state index in [4.69, 9.17) is 0 Å². The van der Waals surface area contributed by atoms with Crippen molar-refractivity contribution < 1.29 is 4.39 Å². The van der Waals surface area contributed by atoms with Crippen LogP contribution in [-0.2, 0) is 25.7 Å². The van der Waals surface area contributed by atoms with Crippen molar-refractivity contribution in [3.63, 3.8) is 0 Å². The van der Waals surface area contributed by atoms with Gasteiger partial charge in [-0.05, 0) is 60.3 Å². The standard InChI is InChI=1S/C13H15F/c1-8-5-10-7-9-3-2-4-11(9)13(14)12(10)6-8/h7-8H,2-6H2,1H3. The van der Waals surface area contributed by atoms with E-state index in [0.29, 0.717) is 5.92 Å². The van der Waals surface area contributed by atoms with Crippen molar-refractivity contribution in [2.24, 2.45) is 5.92 Å². The maximum absolute atomic E-state index is 14.0. The van der Waals surface area contributed by atoms with Gasteiger partial charge in [-0.1, -0.05) is 13.0 Å². The van der Waals surface area contributed by atoms with Crippen molar-refractivity contribution in [1.29, 1.82) is 0 Å². The highest BCUT2D eigenvalue weighted by molar-refractivity contribution is 5.44. The number of halogens is 1. The molecular weight excluding hydrogens is 175 g/mol. The number of aryl methyl sites for hydroxylation is 1. The van der Waals surface area contributed by atoms with Gasteiger partial charge in [0.05, 0.1) is 0 Å². The fourth-order valence-electron chi connectivity index (χ4n) is 3.00. The molecule has 2 aliphatic rings. The van der Waals surface area contributed by atoms with Crippen LogP contribution in [0.5, 0.6) is 0 Å². The predicted molar refractivity (Wildman–Crippen MR) is 55.0 cm³/mol. The molecule has 0 amide bonds. The minimum atomic E-state index is 0.138. The summed E-state index contributed by atoms with van der Waals surface area (Å²) in [5.74, 6) is 0.779. The van der Waals surface area contributed by atoms with E-state index >= 15 is 0 Å². The Hall–Kier alpha value is -0.850. The molecule has 0 radical (unpaired) electrons. The molecule has 1 aromatic rings. The SMILES string of the molecule is CC1Cc2cc3c(c(F)c2C1)CCC3. The van der Waals surface area contributed by atoms with Crippen LogP contribution in [0.3, 0.4) is 0 Å². The molecule has 3 rings (SSSR count). The van der Waals surface area contributed by atoms with Gasteiger partial charge in [0.1, 0.15) is 5.82 Å². The molecule has 0 saturated carbocycles. The second-order valence-electron chi connectivity index (χ2n) is 4.83. The molecule has 0 aliphatic heterocycles. The van der Waals surface area contributed by atoms with E-state index in [0.717, 1.165) is 43.2 Å². The van der Waals surface area contributed by atoms with Gasteiger partial charge >= 0.3 is 0 Å². The Morgan fingerprint density at radius 2 is 2.00 bits per heavy atom. The smallest absolute Gasteiger partial charge is 0.130 e. The molecule has 0 spiro atoms. The third-order valence-corrected chi connectivity index (χ3v) is 3.65. The first-order chi connectivity index (χ1) is 6.75. The van der Waals surface area contributed by atoms with E-state index in [1.165, 1.54) is 11.1 Å². The third-order valence-electron chi connectivity index (χ3n) is 3.65. The molecule has 0 nitrogen and oxygen atoms in total. The van der Waals surface area contributed by atoms with Gasteiger partial charge < -0.3 is 0 Å². The second-order valence-corrected chi connectivity index (χ2v) is 4.83. The van der Waals surface area contributed by atoms with Gasteiger partial charge in [-0.25, -0.2) is 4.39 Å². The lowest BCUT2D eigenvalue weighted by atomic mass is 10.0. The molecule has 1 aromatic carbocycles. The van der Waals surface area contributed by atoms with Crippen LogP contribution in [0.15, 0.2) is 6.07 Å². The Bertz CT molecular complexity index is 393. The van der Waals surface area contributed by atoms with Gasteiger partial charge in [0.25, 0.3) is 0 Å². The highest BCUT2D eigenvalue weighted by Crippen LogP contribution is 2.35. The van der Waals surface area contributed by atoms with Crippen molar-refractivity contribution in [3.05, 3.63) is 34.1 Å². The lowest BCUT2D eigenvalue weighted by molar-refractivity contribution is 0.578. The molecule has 0 saturated heterocycles. The first-order valence-electron chi connectivity index (χ1n) is 5.57. The summed E-state index contributed by atoms with van der Waals surface area (Å²) in [7, 11) is 0. The van der Waals surface area contributed by atoms with Crippen LogP contribution in [0.1, 0.15) is 35.6 Å². The Labute approximate surface area is 84.1 Å². The van der Waals surface area contributed by atoms with Crippen LogP contribution in [-0.4, -0.2) is 0 Å². The van der Waals surface area contributed by atoms with E-state index in [2.05, 4.69) is 13.0 Å². The fourth-order valence-corrected chi connectivity index (χ4v) is 3.00. The van der Waals surface area contributed by atoms with E-state index in [1.54, 1.807) is 0 Å². The van der Waals surface area contributed by atoms with Gasteiger partial charge in [0.15, 0.2) is 0 Å². The first kappa shape index (κ1) is 8.46. The Morgan fingerprint density at radius 1 is 1.14 bits per heavy atom. The zero-order chi connectivity index (χ0) is 9.71. The molecule has 0 aromatic heterocycles. The molecule has 0 N–H and O–H groups in total. The molecular formula is C13H15F. The van der Waals surface area contributed by atoms with E-state index < -0.39 is 0 Å². The van der Waals surface area contributed by atoms with Gasteiger partial charge in [0.2, 0.25) is 0 Å². The lowest BCUT2D eigenvalue weighted by Gasteiger charge is -2.07. The summed E-state index contributed by atoms with van der Waals surface area (Å²) in [5, 5.41) is 0. The fraction of sp³-hybridized carbons (Fsp3) is 0.538. The largest absolute Gasteiger partial charge is 0.206 e. The van der Waals surface area contributed by atoms with Gasteiger partial charge in [-0.3, -0.25) is 0 Å². The maximum atomic E-state index is 14.0. The van der Waals surface area contributed by atoms with Gasteiger partial charge in [0, 0.05) is 0 Å². The molecule has 0 fully saturated rings. The number of hydrogen-bond donors (Lipinski definition) is 0. The Morgan fingerprint density at radius 3 is 2.86 bits per heavy atom. The average Bonchev–Trinajstić information content (AvgIpc) is 2.71. The molecule has 1 unspecified atom stereocenters. The molecule has 1 atom stereocenters. The highest BCUT2D eigenvalue weighted by Gasteiger charge is 2.26. The van der Waals surface area contributed by atoms with Crippen LogP contribution in [0.25, 0.3) is 0 Å². The Balaban J connectivity index is 2.19. The van der Waals surface area contributed by atoms with Crippen molar-refractivity contribution in [3.8, 4) is 0 Å². The summed E-state index contributed by atoms with van der Waals surface area (Å²) in [4.78, 5) is 0. The summed E-state index contributed by atoms with van der Waals surface area (Å²) < 4.78 is 14.0. The number of fused-ring (bicyclic) bond motifs is 2. The topological polar surface area (TPSA) is 0 Å². The van der Waals surface area contributed by atoms with Gasteiger partial charge in [-0.15, -0.1) is 0 Å². The monoisotopic (exact) mass is 190 g/mol. The quantitative estimate of drug-likeness (QED) is 0.590. The summed E-state index contributed by atoms with van der Waals surface area (Å²) in [6, 6.07) is 2.27. The molecule has 74 valence electrons. The van der Waals surface area contributed by atoms with E-state index in [1.807, 2.05) is 0 Å². The number of rotatable bonds is 0. The van der Waals surface area contributed by atoms with Crippen molar-refractivity contribution >= 4 is 0 Å². The first-order valence-corrected chi connectivity index (χ1v) is 5.57. The molecule has 2 aliphatic carbocycles. The summed E-state index contributed by atoms with van der Waals surface area (Å²) in [5.41, 5.74) is 4.63.